The number of benzene rings is 1. The van der Waals surface area contributed by atoms with Crippen LogP contribution in [0.1, 0.15) is 25.0 Å². The molecule has 0 saturated heterocycles. The lowest BCUT2D eigenvalue weighted by atomic mass is 10.1. The molecule has 1 unspecified atom stereocenters. The van der Waals surface area contributed by atoms with Crippen molar-refractivity contribution in [3.8, 4) is 11.5 Å². The molecule has 15 heavy (non-hydrogen) atoms. The molecule has 0 aliphatic heterocycles. The van der Waals surface area contributed by atoms with Crippen LogP contribution in [0.2, 0.25) is 5.02 Å². The first-order valence-electron chi connectivity index (χ1n) is 4.74. The van der Waals surface area contributed by atoms with Gasteiger partial charge in [0.25, 0.3) is 0 Å². The summed E-state index contributed by atoms with van der Waals surface area (Å²) in [6, 6.07) is 3.48. The van der Waals surface area contributed by atoms with Crippen LogP contribution in [0.3, 0.4) is 0 Å². The van der Waals surface area contributed by atoms with Gasteiger partial charge in [-0.2, -0.15) is 0 Å². The summed E-state index contributed by atoms with van der Waals surface area (Å²) in [5.74, 6) is 1.02. The van der Waals surface area contributed by atoms with E-state index >= 15 is 0 Å². The van der Waals surface area contributed by atoms with Gasteiger partial charge >= 0.3 is 0 Å². The van der Waals surface area contributed by atoms with Crippen molar-refractivity contribution in [2.24, 2.45) is 0 Å². The Kier molecular flexibility index (Phi) is 4.24. The molecule has 0 amide bonds. The molecule has 4 heteroatoms. The maximum Gasteiger partial charge on any atom is 0.147 e. The Morgan fingerprint density at radius 2 is 2.00 bits per heavy atom. The molecule has 0 bridgehead atoms. The minimum atomic E-state index is -0.566. The quantitative estimate of drug-likeness (QED) is 0.865. The number of aliphatic hydroxyl groups is 1. The van der Waals surface area contributed by atoms with Crippen molar-refractivity contribution >= 4 is 11.6 Å². The second-order valence-corrected chi connectivity index (χ2v) is 3.51. The SMILES string of the molecule is CCC(O)c1ccc(OC)c(Cl)c1OC. The van der Waals surface area contributed by atoms with Crippen LogP contribution < -0.4 is 9.47 Å². The van der Waals surface area contributed by atoms with Gasteiger partial charge in [0, 0.05) is 5.56 Å². The Labute approximate surface area is 94.6 Å². The van der Waals surface area contributed by atoms with Gasteiger partial charge in [0.1, 0.15) is 16.5 Å². The molecule has 0 radical (unpaired) electrons. The van der Waals surface area contributed by atoms with E-state index in [1.54, 1.807) is 12.1 Å². The fraction of sp³-hybridized carbons (Fsp3) is 0.455. The lowest BCUT2D eigenvalue weighted by Crippen LogP contribution is -2.00. The zero-order valence-electron chi connectivity index (χ0n) is 9.08. The number of aliphatic hydroxyl groups excluding tert-OH is 1. The molecule has 1 N–H and O–H groups in total. The van der Waals surface area contributed by atoms with Crippen LogP contribution >= 0.6 is 11.6 Å². The molecule has 84 valence electrons. The van der Waals surface area contributed by atoms with Crippen LogP contribution in [0.4, 0.5) is 0 Å². The molecule has 3 nitrogen and oxygen atoms in total. The van der Waals surface area contributed by atoms with E-state index in [2.05, 4.69) is 0 Å². The van der Waals surface area contributed by atoms with E-state index < -0.39 is 6.10 Å². The third kappa shape index (κ3) is 2.36. The molecule has 0 aromatic heterocycles. The summed E-state index contributed by atoms with van der Waals surface area (Å²) < 4.78 is 10.2. The summed E-state index contributed by atoms with van der Waals surface area (Å²) in [5, 5.41) is 10.1. The Morgan fingerprint density at radius 3 is 2.47 bits per heavy atom. The van der Waals surface area contributed by atoms with Crippen molar-refractivity contribution in [2.75, 3.05) is 14.2 Å². The van der Waals surface area contributed by atoms with Crippen LogP contribution in [-0.2, 0) is 0 Å². The normalized spacial score (nSPS) is 12.3. The molecule has 0 aliphatic carbocycles. The van der Waals surface area contributed by atoms with Gasteiger partial charge in [-0.25, -0.2) is 0 Å². The van der Waals surface area contributed by atoms with Crippen LogP contribution in [0, 0.1) is 0 Å². The highest BCUT2D eigenvalue weighted by molar-refractivity contribution is 6.33. The van der Waals surface area contributed by atoms with Crippen molar-refractivity contribution in [1.82, 2.24) is 0 Å². The highest BCUT2D eigenvalue weighted by Crippen LogP contribution is 2.39. The molecule has 0 saturated carbocycles. The smallest absolute Gasteiger partial charge is 0.147 e. The lowest BCUT2D eigenvalue weighted by molar-refractivity contribution is 0.169. The highest BCUT2D eigenvalue weighted by atomic mass is 35.5. The highest BCUT2D eigenvalue weighted by Gasteiger charge is 2.17. The molecular weight excluding hydrogens is 216 g/mol. The monoisotopic (exact) mass is 230 g/mol. The molecular formula is C11H15ClO3. The average Bonchev–Trinajstić information content (AvgIpc) is 2.27. The number of rotatable bonds is 4. The maximum atomic E-state index is 9.75. The molecule has 0 fully saturated rings. The summed E-state index contributed by atoms with van der Waals surface area (Å²) in [4.78, 5) is 0. The summed E-state index contributed by atoms with van der Waals surface area (Å²) in [7, 11) is 3.06. The second kappa shape index (κ2) is 5.24. The molecule has 1 aromatic carbocycles. The largest absolute Gasteiger partial charge is 0.495 e. The van der Waals surface area contributed by atoms with Crippen LogP contribution in [-0.4, -0.2) is 19.3 Å². The van der Waals surface area contributed by atoms with E-state index in [0.717, 1.165) is 0 Å². The van der Waals surface area contributed by atoms with Gasteiger partial charge < -0.3 is 14.6 Å². The average molecular weight is 231 g/mol. The molecule has 0 heterocycles. The maximum absolute atomic E-state index is 9.75. The first kappa shape index (κ1) is 12.1. The van der Waals surface area contributed by atoms with Gasteiger partial charge in [0.2, 0.25) is 0 Å². The summed E-state index contributed by atoms with van der Waals surface area (Å²) in [5.41, 5.74) is 0.686. The fourth-order valence-corrected chi connectivity index (χ4v) is 1.73. The summed E-state index contributed by atoms with van der Waals surface area (Å²) in [6.07, 6.45) is 0.0438. The topological polar surface area (TPSA) is 38.7 Å². The summed E-state index contributed by atoms with van der Waals surface area (Å²) >= 11 is 6.05. The van der Waals surface area contributed by atoms with Crippen molar-refractivity contribution in [3.05, 3.63) is 22.7 Å². The number of hydrogen-bond acceptors (Lipinski definition) is 3. The van der Waals surface area contributed by atoms with E-state index in [1.807, 2.05) is 6.92 Å². The van der Waals surface area contributed by atoms with E-state index in [9.17, 15) is 5.11 Å². The first-order chi connectivity index (χ1) is 7.15. The Hall–Kier alpha value is -0.930. The molecule has 1 rings (SSSR count). The number of methoxy groups -OCH3 is 2. The first-order valence-corrected chi connectivity index (χ1v) is 5.11. The Bertz CT molecular complexity index is 339. The number of hydrogen-bond donors (Lipinski definition) is 1. The van der Waals surface area contributed by atoms with Gasteiger partial charge in [-0.3, -0.25) is 0 Å². The standard InChI is InChI=1S/C11H15ClO3/c1-4-8(13)7-5-6-9(14-2)10(12)11(7)15-3/h5-6,8,13H,4H2,1-3H3. The molecule has 0 spiro atoms. The van der Waals surface area contributed by atoms with Crippen LogP contribution in [0.15, 0.2) is 12.1 Å². The van der Waals surface area contributed by atoms with E-state index in [0.29, 0.717) is 28.5 Å². The molecule has 1 aromatic rings. The molecule has 0 aliphatic rings. The minimum Gasteiger partial charge on any atom is -0.495 e. The third-order valence-corrected chi connectivity index (χ3v) is 2.62. The van der Waals surface area contributed by atoms with Crippen molar-refractivity contribution in [3.63, 3.8) is 0 Å². The third-order valence-electron chi connectivity index (χ3n) is 2.26. The number of halogens is 1. The predicted molar refractivity (Wildman–Crippen MR) is 59.8 cm³/mol. The van der Waals surface area contributed by atoms with E-state index in [4.69, 9.17) is 21.1 Å². The zero-order chi connectivity index (χ0) is 11.4. The van der Waals surface area contributed by atoms with E-state index in [1.165, 1.54) is 14.2 Å². The Morgan fingerprint density at radius 1 is 1.33 bits per heavy atom. The zero-order valence-corrected chi connectivity index (χ0v) is 9.84. The van der Waals surface area contributed by atoms with Gasteiger partial charge in [-0.15, -0.1) is 0 Å². The second-order valence-electron chi connectivity index (χ2n) is 3.13. The van der Waals surface area contributed by atoms with Crippen molar-refractivity contribution in [1.29, 1.82) is 0 Å². The van der Waals surface area contributed by atoms with Crippen LogP contribution in [0.5, 0.6) is 11.5 Å². The van der Waals surface area contributed by atoms with Gasteiger partial charge in [-0.1, -0.05) is 18.5 Å². The fourth-order valence-electron chi connectivity index (χ4n) is 1.40. The van der Waals surface area contributed by atoms with Crippen LogP contribution in [0.25, 0.3) is 0 Å². The van der Waals surface area contributed by atoms with E-state index in [-0.39, 0.29) is 0 Å². The van der Waals surface area contributed by atoms with Gasteiger partial charge in [0.15, 0.2) is 0 Å². The summed E-state index contributed by atoms with van der Waals surface area (Å²) in [6.45, 7) is 1.89. The number of ether oxygens (including phenoxy) is 2. The Balaban J connectivity index is 3.24. The molecule has 1 atom stereocenters. The van der Waals surface area contributed by atoms with Gasteiger partial charge in [-0.05, 0) is 18.6 Å². The minimum absolute atomic E-state index is 0.394. The van der Waals surface area contributed by atoms with Crippen molar-refractivity contribution < 1.29 is 14.6 Å². The van der Waals surface area contributed by atoms with Crippen molar-refractivity contribution in [2.45, 2.75) is 19.4 Å². The lowest BCUT2D eigenvalue weighted by Gasteiger charge is -2.16. The van der Waals surface area contributed by atoms with Gasteiger partial charge in [0.05, 0.1) is 20.3 Å². The predicted octanol–water partition coefficient (Wildman–Crippen LogP) is 2.80.